The van der Waals surface area contributed by atoms with Crippen molar-refractivity contribution in [2.75, 3.05) is 13.2 Å². The minimum Gasteiger partial charge on any atom is -0.396 e. The van der Waals surface area contributed by atoms with Crippen LogP contribution in [0.3, 0.4) is 0 Å². The molecule has 0 saturated carbocycles. The monoisotopic (exact) mass is 205 g/mol. The van der Waals surface area contributed by atoms with Gasteiger partial charge in [-0.2, -0.15) is 5.26 Å². The molecule has 0 unspecified atom stereocenters. The molecule has 0 saturated heterocycles. The third kappa shape index (κ3) is 3.37. The van der Waals surface area contributed by atoms with E-state index in [2.05, 4.69) is 10.3 Å². The fourth-order valence-corrected chi connectivity index (χ4v) is 0.966. The van der Waals surface area contributed by atoms with E-state index in [1.165, 1.54) is 18.3 Å². The van der Waals surface area contributed by atoms with Crippen LogP contribution in [0, 0.1) is 11.3 Å². The molecular formula is C10H11N3O2. The molecule has 5 nitrogen and oxygen atoms in total. The molecule has 78 valence electrons. The van der Waals surface area contributed by atoms with E-state index in [-0.39, 0.29) is 18.2 Å². The Morgan fingerprint density at radius 3 is 2.93 bits per heavy atom. The highest BCUT2D eigenvalue weighted by Gasteiger charge is 2.05. The van der Waals surface area contributed by atoms with E-state index >= 15 is 0 Å². The maximum Gasteiger partial charge on any atom is 0.269 e. The molecule has 1 aromatic rings. The number of amides is 1. The fraction of sp³-hybridized carbons (Fsp3) is 0.300. The van der Waals surface area contributed by atoms with Gasteiger partial charge in [0.2, 0.25) is 0 Å². The lowest BCUT2D eigenvalue weighted by Crippen LogP contribution is -2.25. The normalized spacial score (nSPS) is 9.33. The van der Waals surface area contributed by atoms with Crippen molar-refractivity contribution >= 4 is 5.91 Å². The number of pyridine rings is 1. The summed E-state index contributed by atoms with van der Waals surface area (Å²) in [5.41, 5.74) is 0.689. The molecular weight excluding hydrogens is 194 g/mol. The minimum atomic E-state index is -0.298. The Morgan fingerprint density at radius 1 is 1.60 bits per heavy atom. The van der Waals surface area contributed by atoms with Gasteiger partial charge < -0.3 is 10.4 Å². The number of carbonyl (C=O) groups is 1. The van der Waals surface area contributed by atoms with Gasteiger partial charge in [-0.1, -0.05) is 0 Å². The number of aromatic nitrogens is 1. The van der Waals surface area contributed by atoms with Crippen LogP contribution in [-0.4, -0.2) is 29.1 Å². The molecule has 0 aromatic carbocycles. The number of aliphatic hydroxyl groups is 1. The summed E-state index contributed by atoms with van der Waals surface area (Å²) >= 11 is 0. The Morgan fingerprint density at radius 2 is 2.40 bits per heavy atom. The van der Waals surface area contributed by atoms with E-state index < -0.39 is 0 Å². The van der Waals surface area contributed by atoms with Crippen molar-refractivity contribution in [3.63, 3.8) is 0 Å². The summed E-state index contributed by atoms with van der Waals surface area (Å²) in [6, 6.07) is 4.95. The summed E-state index contributed by atoms with van der Waals surface area (Å²) in [7, 11) is 0. The lowest BCUT2D eigenvalue weighted by atomic mass is 10.2. The smallest absolute Gasteiger partial charge is 0.269 e. The van der Waals surface area contributed by atoms with E-state index in [0.717, 1.165) is 0 Å². The predicted octanol–water partition coefficient (Wildman–Crippen LogP) is 0.0655. The van der Waals surface area contributed by atoms with Gasteiger partial charge in [-0.15, -0.1) is 0 Å². The SMILES string of the molecule is N#Cc1ccc(C(=O)NCCCO)nc1. The second-order valence-electron chi connectivity index (χ2n) is 2.88. The van der Waals surface area contributed by atoms with Crippen molar-refractivity contribution in [3.8, 4) is 6.07 Å². The number of nitrogens with zero attached hydrogens (tertiary/aromatic N) is 2. The first-order valence-corrected chi connectivity index (χ1v) is 4.53. The van der Waals surface area contributed by atoms with Gasteiger partial charge in [-0.25, -0.2) is 4.98 Å². The van der Waals surface area contributed by atoms with Crippen molar-refractivity contribution in [2.45, 2.75) is 6.42 Å². The predicted molar refractivity (Wildman–Crippen MR) is 53.0 cm³/mol. The first-order chi connectivity index (χ1) is 7.27. The molecule has 0 aliphatic rings. The van der Waals surface area contributed by atoms with Crippen LogP contribution in [0.5, 0.6) is 0 Å². The van der Waals surface area contributed by atoms with Gasteiger partial charge in [0.1, 0.15) is 11.8 Å². The summed E-state index contributed by atoms with van der Waals surface area (Å²) in [6.07, 6.45) is 1.86. The van der Waals surface area contributed by atoms with Crippen LogP contribution >= 0.6 is 0 Å². The standard InChI is InChI=1S/C10H11N3O2/c11-6-8-2-3-9(13-7-8)10(15)12-4-1-5-14/h2-3,7,14H,1,4-5H2,(H,12,15). The second-order valence-corrected chi connectivity index (χ2v) is 2.88. The Kier molecular flexibility index (Phi) is 4.26. The van der Waals surface area contributed by atoms with Gasteiger partial charge in [-0.05, 0) is 18.6 Å². The van der Waals surface area contributed by atoms with Gasteiger partial charge in [0.25, 0.3) is 5.91 Å². The van der Waals surface area contributed by atoms with Crippen molar-refractivity contribution < 1.29 is 9.90 Å². The number of hydrogen-bond acceptors (Lipinski definition) is 4. The Labute approximate surface area is 87.4 Å². The first-order valence-electron chi connectivity index (χ1n) is 4.53. The molecule has 1 amide bonds. The quantitative estimate of drug-likeness (QED) is 0.681. The lowest BCUT2D eigenvalue weighted by Gasteiger charge is -2.02. The number of aliphatic hydroxyl groups excluding tert-OH is 1. The van der Waals surface area contributed by atoms with Crippen LogP contribution in [0.25, 0.3) is 0 Å². The third-order valence-corrected chi connectivity index (χ3v) is 1.75. The van der Waals surface area contributed by atoms with Gasteiger partial charge in [-0.3, -0.25) is 4.79 Å². The highest BCUT2D eigenvalue weighted by molar-refractivity contribution is 5.92. The van der Waals surface area contributed by atoms with Gasteiger partial charge in [0.15, 0.2) is 0 Å². The highest BCUT2D eigenvalue weighted by atomic mass is 16.3. The Bertz CT molecular complexity index is 367. The second kappa shape index (κ2) is 5.73. The molecule has 15 heavy (non-hydrogen) atoms. The molecule has 1 aromatic heterocycles. The summed E-state index contributed by atoms with van der Waals surface area (Å²) in [5, 5.41) is 19.6. The van der Waals surface area contributed by atoms with Crippen LogP contribution in [0.4, 0.5) is 0 Å². The van der Waals surface area contributed by atoms with Gasteiger partial charge in [0, 0.05) is 19.3 Å². The van der Waals surface area contributed by atoms with Crippen LogP contribution in [0.1, 0.15) is 22.5 Å². The van der Waals surface area contributed by atoms with Crippen molar-refractivity contribution in [1.82, 2.24) is 10.3 Å². The molecule has 2 N–H and O–H groups in total. The molecule has 0 atom stereocenters. The molecule has 1 rings (SSSR count). The molecule has 1 heterocycles. The Hall–Kier alpha value is -1.93. The van der Waals surface area contributed by atoms with Crippen LogP contribution in [0.2, 0.25) is 0 Å². The number of rotatable bonds is 4. The molecule has 0 aliphatic heterocycles. The zero-order valence-corrected chi connectivity index (χ0v) is 8.10. The van der Waals surface area contributed by atoms with E-state index in [9.17, 15) is 4.79 Å². The first kappa shape index (κ1) is 11.1. The molecule has 5 heteroatoms. The molecule has 0 fully saturated rings. The van der Waals surface area contributed by atoms with E-state index in [4.69, 9.17) is 10.4 Å². The summed E-state index contributed by atoms with van der Waals surface area (Å²) in [5.74, 6) is -0.298. The van der Waals surface area contributed by atoms with Crippen molar-refractivity contribution in [2.24, 2.45) is 0 Å². The average Bonchev–Trinajstić information content (AvgIpc) is 2.29. The summed E-state index contributed by atoms with van der Waals surface area (Å²) < 4.78 is 0. The largest absolute Gasteiger partial charge is 0.396 e. The maximum atomic E-state index is 11.4. The van der Waals surface area contributed by atoms with E-state index in [1.807, 2.05) is 6.07 Å². The topological polar surface area (TPSA) is 86.0 Å². The summed E-state index contributed by atoms with van der Waals surface area (Å²) in [6.45, 7) is 0.456. The number of nitriles is 1. The van der Waals surface area contributed by atoms with Crippen molar-refractivity contribution in [1.29, 1.82) is 5.26 Å². The third-order valence-electron chi connectivity index (χ3n) is 1.75. The van der Waals surface area contributed by atoms with Gasteiger partial charge in [0.05, 0.1) is 5.56 Å². The lowest BCUT2D eigenvalue weighted by molar-refractivity contribution is 0.0946. The highest BCUT2D eigenvalue weighted by Crippen LogP contribution is 1.98. The zero-order valence-electron chi connectivity index (χ0n) is 8.10. The molecule has 0 spiro atoms. The van der Waals surface area contributed by atoms with Gasteiger partial charge >= 0.3 is 0 Å². The van der Waals surface area contributed by atoms with Crippen molar-refractivity contribution in [3.05, 3.63) is 29.6 Å². The fourth-order valence-electron chi connectivity index (χ4n) is 0.966. The number of carbonyl (C=O) groups excluding carboxylic acids is 1. The summed E-state index contributed by atoms with van der Waals surface area (Å²) in [4.78, 5) is 15.2. The van der Waals surface area contributed by atoms with E-state index in [0.29, 0.717) is 18.5 Å². The zero-order chi connectivity index (χ0) is 11.1. The van der Waals surface area contributed by atoms with Crippen LogP contribution < -0.4 is 5.32 Å². The van der Waals surface area contributed by atoms with E-state index in [1.54, 1.807) is 0 Å². The number of nitrogens with one attached hydrogen (secondary N) is 1. The van der Waals surface area contributed by atoms with Crippen LogP contribution in [-0.2, 0) is 0 Å². The Balaban J connectivity index is 2.55. The van der Waals surface area contributed by atoms with Crippen LogP contribution in [0.15, 0.2) is 18.3 Å². The molecule has 0 radical (unpaired) electrons. The molecule has 0 bridgehead atoms. The number of hydrogen-bond donors (Lipinski definition) is 2. The molecule has 0 aliphatic carbocycles. The maximum absolute atomic E-state index is 11.4. The minimum absolute atomic E-state index is 0.0427. The average molecular weight is 205 g/mol.